The van der Waals surface area contributed by atoms with E-state index >= 15 is 0 Å². The van der Waals surface area contributed by atoms with E-state index in [-0.39, 0.29) is 24.1 Å². The maximum atomic E-state index is 12.0. The van der Waals surface area contributed by atoms with Crippen LogP contribution in [0.2, 0.25) is 0 Å². The number of fused-ring (bicyclic) bond motifs is 2. The van der Waals surface area contributed by atoms with E-state index in [0.29, 0.717) is 6.54 Å². The molecular formula is C12H20N2O4. The second-order valence-electron chi connectivity index (χ2n) is 5.80. The summed E-state index contributed by atoms with van der Waals surface area (Å²) in [5, 5.41) is 3.16. The molecule has 102 valence electrons. The molecule has 0 aliphatic carbocycles. The normalized spacial score (nSPS) is 30.4. The molecule has 0 aromatic heterocycles. The van der Waals surface area contributed by atoms with Crippen LogP contribution >= 0.6 is 0 Å². The van der Waals surface area contributed by atoms with Crippen molar-refractivity contribution in [3.05, 3.63) is 0 Å². The summed E-state index contributed by atoms with van der Waals surface area (Å²) in [6, 6.07) is -0.426. The Balaban J connectivity index is 2.04. The summed E-state index contributed by atoms with van der Waals surface area (Å²) in [6.45, 7) is 6.08. The molecule has 2 fully saturated rings. The highest BCUT2D eigenvalue weighted by Crippen LogP contribution is 2.30. The van der Waals surface area contributed by atoms with Crippen LogP contribution in [0.15, 0.2) is 0 Å². The zero-order valence-electron chi connectivity index (χ0n) is 11.2. The standard InChI is InChI=1S/C12H20N2O4/c1-12(2,3)18-11(16)14-6-7-5-8(14)9(13-7)10(15)17-4/h7-9,13H,5-6H2,1-4H3/t7?,8-,9?/m1/s1. The lowest BCUT2D eigenvalue weighted by Crippen LogP contribution is -2.57. The lowest BCUT2D eigenvalue weighted by atomic mass is 10.1. The number of hydrogen-bond donors (Lipinski definition) is 1. The molecule has 2 heterocycles. The Morgan fingerprint density at radius 2 is 2.00 bits per heavy atom. The van der Waals surface area contributed by atoms with Gasteiger partial charge in [0.05, 0.1) is 13.2 Å². The van der Waals surface area contributed by atoms with E-state index < -0.39 is 11.6 Å². The van der Waals surface area contributed by atoms with Crippen LogP contribution < -0.4 is 5.32 Å². The van der Waals surface area contributed by atoms with Gasteiger partial charge in [0.1, 0.15) is 11.6 Å². The third-order valence-corrected chi connectivity index (χ3v) is 3.23. The van der Waals surface area contributed by atoms with Gasteiger partial charge in [0.2, 0.25) is 0 Å². The molecular weight excluding hydrogens is 236 g/mol. The molecule has 3 atom stereocenters. The molecule has 2 rings (SSSR count). The maximum Gasteiger partial charge on any atom is 0.410 e. The second kappa shape index (κ2) is 4.42. The molecule has 1 N–H and O–H groups in total. The van der Waals surface area contributed by atoms with E-state index in [9.17, 15) is 9.59 Å². The van der Waals surface area contributed by atoms with Crippen LogP contribution in [0.5, 0.6) is 0 Å². The number of carbonyl (C=O) groups is 2. The smallest absolute Gasteiger partial charge is 0.410 e. The van der Waals surface area contributed by atoms with E-state index in [2.05, 4.69) is 5.32 Å². The van der Waals surface area contributed by atoms with Crippen molar-refractivity contribution in [1.29, 1.82) is 0 Å². The van der Waals surface area contributed by atoms with Gasteiger partial charge in [-0.05, 0) is 27.2 Å². The molecule has 2 aliphatic heterocycles. The minimum Gasteiger partial charge on any atom is -0.468 e. The van der Waals surface area contributed by atoms with Crippen molar-refractivity contribution in [3.63, 3.8) is 0 Å². The summed E-state index contributed by atoms with van der Waals surface area (Å²) in [5.74, 6) is -0.323. The number of likely N-dealkylation sites (tertiary alicyclic amines) is 1. The summed E-state index contributed by atoms with van der Waals surface area (Å²) >= 11 is 0. The van der Waals surface area contributed by atoms with Gasteiger partial charge in [0.25, 0.3) is 0 Å². The number of nitrogens with zero attached hydrogens (tertiary/aromatic N) is 1. The van der Waals surface area contributed by atoms with Crippen molar-refractivity contribution in [3.8, 4) is 0 Å². The molecule has 2 aliphatic rings. The number of amides is 1. The van der Waals surface area contributed by atoms with Crippen LogP contribution in [-0.2, 0) is 14.3 Å². The zero-order chi connectivity index (χ0) is 13.5. The van der Waals surface area contributed by atoms with Crippen molar-refractivity contribution in [2.24, 2.45) is 0 Å². The average molecular weight is 256 g/mol. The van der Waals surface area contributed by atoms with Crippen LogP contribution in [-0.4, -0.2) is 54.3 Å². The molecule has 2 unspecified atom stereocenters. The predicted molar refractivity (Wildman–Crippen MR) is 64.1 cm³/mol. The fraction of sp³-hybridized carbons (Fsp3) is 0.833. The van der Waals surface area contributed by atoms with E-state index in [1.165, 1.54) is 7.11 Å². The molecule has 18 heavy (non-hydrogen) atoms. The molecule has 0 spiro atoms. The predicted octanol–water partition coefficient (Wildman–Crippen LogP) is 0.509. The average Bonchev–Trinajstić information content (AvgIpc) is 2.84. The molecule has 6 heteroatoms. The SMILES string of the molecule is COC(=O)C1NC2C[C@H]1N(C(=O)OC(C)(C)C)C2. The van der Waals surface area contributed by atoms with Crippen molar-refractivity contribution < 1.29 is 19.1 Å². The summed E-state index contributed by atoms with van der Waals surface area (Å²) in [4.78, 5) is 25.3. The molecule has 2 saturated heterocycles. The van der Waals surface area contributed by atoms with E-state index in [0.717, 1.165) is 6.42 Å². The molecule has 6 nitrogen and oxygen atoms in total. The molecule has 0 radical (unpaired) electrons. The first-order valence-electron chi connectivity index (χ1n) is 6.15. The molecule has 1 amide bonds. The van der Waals surface area contributed by atoms with Gasteiger partial charge < -0.3 is 14.4 Å². The van der Waals surface area contributed by atoms with Crippen LogP contribution in [0, 0.1) is 0 Å². The Labute approximate surface area is 107 Å². The highest BCUT2D eigenvalue weighted by Gasteiger charge is 2.51. The lowest BCUT2D eigenvalue weighted by molar-refractivity contribution is -0.144. The van der Waals surface area contributed by atoms with Crippen molar-refractivity contribution in [2.75, 3.05) is 13.7 Å². The van der Waals surface area contributed by atoms with Crippen molar-refractivity contribution >= 4 is 12.1 Å². The van der Waals surface area contributed by atoms with Gasteiger partial charge in [0.15, 0.2) is 0 Å². The second-order valence-corrected chi connectivity index (χ2v) is 5.80. The Morgan fingerprint density at radius 1 is 1.33 bits per heavy atom. The maximum absolute atomic E-state index is 12.0. The fourth-order valence-electron chi connectivity index (χ4n) is 2.55. The fourth-order valence-corrected chi connectivity index (χ4v) is 2.55. The van der Waals surface area contributed by atoms with Gasteiger partial charge in [-0.15, -0.1) is 0 Å². The number of ether oxygens (including phenoxy) is 2. The van der Waals surface area contributed by atoms with Gasteiger partial charge in [-0.1, -0.05) is 0 Å². The van der Waals surface area contributed by atoms with Gasteiger partial charge in [0, 0.05) is 12.6 Å². The third-order valence-electron chi connectivity index (χ3n) is 3.23. The Morgan fingerprint density at radius 3 is 2.50 bits per heavy atom. The first-order valence-corrected chi connectivity index (χ1v) is 6.15. The summed E-state index contributed by atoms with van der Waals surface area (Å²) in [5.41, 5.74) is -0.521. The highest BCUT2D eigenvalue weighted by atomic mass is 16.6. The minimum atomic E-state index is -0.521. The monoisotopic (exact) mass is 256 g/mol. The topological polar surface area (TPSA) is 67.9 Å². The van der Waals surface area contributed by atoms with Gasteiger partial charge in [-0.25, -0.2) is 4.79 Å². The number of carbonyl (C=O) groups excluding carboxylic acids is 2. The van der Waals surface area contributed by atoms with E-state index in [1.54, 1.807) is 4.90 Å². The first kappa shape index (κ1) is 13.1. The number of nitrogens with one attached hydrogen (secondary N) is 1. The molecule has 0 aromatic carbocycles. The van der Waals surface area contributed by atoms with Gasteiger partial charge in [-0.3, -0.25) is 10.1 Å². The molecule has 2 bridgehead atoms. The van der Waals surface area contributed by atoms with Crippen LogP contribution in [0.3, 0.4) is 0 Å². The lowest BCUT2D eigenvalue weighted by Gasteiger charge is -2.33. The van der Waals surface area contributed by atoms with Crippen molar-refractivity contribution in [2.45, 2.75) is 50.9 Å². The van der Waals surface area contributed by atoms with Crippen LogP contribution in [0.25, 0.3) is 0 Å². The first-order chi connectivity index (χ1) is 8.31. The number of piperazine rings is 1. The number of methoxy groups -OCH3 is 1. The Bertz CT molecular complexity index is 364. The number of hydrogen-bond acceptors (Lipinski definition) is 5. The summed E-state index contributed by atoms with van der Waals surface area (Å²) in [6.07, 6.45) is 0.421. The van der Waals surface area contributed by atoms with E-state index in [4.69, 9.17) is 9.47 Å². The largest absolute Gasteiger partial charge is 0.468 e. The van der Waals surface area contributed by atoms with Crippen molar-refractivity contribution in [1.82, 2.24) is 10.2 Å². The highest BCUT2D eigenvalue weighted by molar-refractivity contribution is 5.79. The van der Waals surface area contributed by atoms with E-state index in [1.807, 2.05) is 20.8 Å². The molecule has 0 aromatic rings. The third kappa shape index (κ3) is 2.43. The van der Waals surface area contributed by atoms with Gasteiger partial charge in [-0.2, -0.15) is 0 Å². The molecule has 0 saturated carbocycles. The number of rotatable bonds is 1. The Hall–Kier alpha value is -1.30. The Kier molecular flexibility index (Phi) is 3.23. The van der Waals surface area contributed by atoms with Crippen LogP contribution in [0.1, 0.15) is 27.2 Å². The van der Waals surface area contributed by atoms with Crippen LogP contribution in [0.4, 0.5) is 4.79 Å². The quantitative estimate of drug-likeness (QED) is 0.692. The minimum absolute atomic E-state index is 0.155. The number of esters is 1. The van der Waals surface area contributed by atoms with Gasteiger partial charge >= 0.3 is 12.1 Å². The summed E-state index contributed by atoms with van der Waals surface area (Å²) in [7, 11) is 1.35. The summed E-state index contributed by atoms with van der Waals surface area (Å²) < 4.78 is 10.1. The zero-order valence-corrected chi connectivity index (χ0v) is 11.2.